The fraction of sp³-hybridized carbons (Fsp3) is 1.00. The minimum atomic E-state index is 0.151. The number of nitrogens with zero attached hydrogens (tertiary/aromatic N) is 1. The van der Waals surface area contributed by atoms with Crippen molar-refractivity contribution < 1.29 is 9.22 Å². The molecule has 0 spiro atoms. The summed E-state index contributed by atoms with van der Waals surface area (Å²) in [5.41, 5.74) is 0.151. The Kier molecular flexibility index (Phi) is 3.36. The van der Waals surface area contributed by atoms with Crippen LogP contribution < -0.4 is 0 Å². The molecule has 0 N–H and O–H groups in total. The van der Waals surface area contributed by atoms with Crippen molar-refractivity contribution >= 4 is 0 Å². The number of likely N-dealkylation sites (N-methyl/N-ethyl adjacent to an activating group) is 1. The molecule has 78 valence electrons. The third kappa shape index (κ3) is 1.89. The maximum Gasteiger partial charge on any atom is 0.224 e. The van der Waals surface area contributed by atoms with Gasteiger partial charge in [-0.15, -0.1) is 0 Å². The van der Waals surface area contributed by atoms with Crippen LogP contribution in [0.3, 0.4) is 0 Å². The summed E-state index contributed by atoms with van der Waals surface area (Å²) in [5.74, 6) is 0. The Labute approximate surface area is 82.5 Å². The molecule has 0 radical (unpaired) electrons. The summed E-state index contributed by atoms with van der Waals surface area (Å²) in [7, 11) is 0. The van der Waals surface area contributed by atoms with Crippen LogP contribution in [0.5, 0.6) is 0 Å². The molecule has 1 heterocycles. The van der Waals surface area contributed by atoms with Crippen LogP contribution in [0.1, 0.15) is 40.5 Å². The van der Waals surface area contributed by atoms with E-state index in [9.17, 15) is 0 Å². The van der Waals surface area contributed by atoms with Crippen LogP contribution in [-0.4, -0.2) is 36.4 Å². The van der Waals surface area contributed by atoms with E-state index in [0.29, 0.717) is 0 Å². The predicted octanol–water partition coefficient (Wildman–Crippen LogP) is 2.39. The van der Waals surface area contributed by atoms with Crippen LogP contribution in [0, 0.1) is 0 Å². The molecular formula is C11H24NO+. The fourth-order valence-corrected chi connectivity index (χ4v) is 2.28. The molecule has 0 saturated carbocycles. The van der Waals surface area contributed by atoms with E-state index in [4.69, 9.17) is 4.74 Å². The van der Waals surface area contributed by atoms with E-state index in [1.807, 2.05) is 0 Å². The Morgan fingerprint density at radius 2 is 1.77 bits per heavy atom. The lowest BCUT2D eigenvalue weighted by atomic mass is 10.1. The lowest BCUT2D eigenvalue weighted by Gasteiger charge is -2.40. The second-order valence-corrected chi connectivity index (χ2v) is 4.32. The highest BCUT2D eigenvalue weighted by atomic mass is 16.6. The van der Waals surface area contributed by atoms with Crippen molar-refractivity contribution in [1.82, 2.24) is 0 Å². The molecule has 1 rings (SSSR count). The van der Waals surface area contributed by atoms with Crippen molar-refractivity contribution in [3.05, 3.63) is 0 Å². The van der Waals surface area contributed by atoms with Gasteiger partial charge >= 0.3 is 0 Å². The average Bonchev–Trinajstić information content (AvgIpc) is 2.88. The molecule has 1 atom stereocenters. The Morgan fingerprint density at radius 1 is 1.23 bits per heavy atom. The lowest BCUT2D eigenvalue weighted by molar-refractivity contribution is -0.967. The SMILES string of the molecule is CCCC[N+](CC)(CC)C1(C)CO1. The third-order valence-corrected chi connectivity index (χ3v) is 3.72. The second kappa shape index (κ2) is 3.97. The van der Waals surface area contributed by atoms with Crippen LogP contribution >= 0.6 is 0 Å². The van der Waals surface area contributed by atoms with Gasteiger partial charge in [0.2, 0.25) is 5.72 Å². The number of quaternary nitrogens is 1. The van der Waals surface area contributed by atoms with E-state index in [0.717, 1.165) is 11.1 Å². The van der Waals surface area contributed by atoms with Crippen LogP contribution in [0.15, 0.2) is 0 Å². The minimum Gasteiger partial charge on any atom is -0.316 e. The summed E-state index contributed by atoms with van der Waals surface area (Å²) in [6, 6.07) is 0. The van der Waals surface area contributed by atoms with Gasteiger partial charge in [0.1, 0.15) is 6.61 Å². The maximum absolute atomic E-state index is 5.61. The highest BCUT2D eigenvalue weighted by Crippen LogP contribution is 2.37. The zero-order valence-electron chi connectivity index (χ0n) is 9.60. The van der Waals surface area contributed by atoms with Crippen molar-refractivity contribution in [2.75, 3.05) is 26.2 Å². The van der Waals surface area contributed by atoms with Gasteiger partial charge in [0.15, 0.2) is 0 Å². The van der Waals surface area contributed by atoms with Crippen molar-refractivity contribution in [3.8, 4) is 0 Å². The molecule has 1 fully saturated rings. The average molecular weight is 186 g/mol. The van der Waals surface area contributed by atoms with Gasteiger partial charge in [0.05, 0.1) is 19.6 Å². The first-order valence-corrected chi connectivity index (χ1v) is 5.64. The number of hydrogen-bond donors (Lipinski definition) is 0. The molecule has 1 saturated heterocycles. The molecule has 2 heteroatoms. The maximum atomic E-state index is 5.61. The topological polar surface area (TPSA) is 12.5 Å². The van der Waals surface area contributed by atoms with Crippen LogP contribution in [0.4, 0.5) is 0 Å². The molecule has 0 aliphatic carbocycles. The third-order valence-electron chi connectivity index (χ3n) is 3.72. The van der Waals surface area contributed by atoms with Crippen molar-refractivity contribution in [2.24, 2.45) is 0 Å². The van der Waals surface area contributed by atoms with Gasteiger partial charge in [-0.2, -0.15) is 0 Å². The van der Waals surface area contributed by atoms with Gasteiger partial charge in [-0.1, -0.05) is 13.3 Å². The normalized spacial score (nSPS) is 27.7. The first-order chi connectivity index (χ1) is 6.14. The van der Waals surface area contributed by atoms with Gasteiger partial charge in [-0.25, -0.2) is 0 Å². The van der Waals surface area contributed by atoms with Gasteiger partial charge in [0, 0.05) is 6.92 Å². The Balaban J connectivity index is 2.61. The van der Waals surface area contributed by atoms with Gasteiger partial charge in [-0.3, -0.25) is 4.48 Å². The van der Waals surface area contributed by atoms with Crippen LogP contribution in [-0.2, 0) is 4.74 Å². The summed E-state index contributed by atoms with van der Waals surface area (Å²) < 4.78 is 6.77. The molecule has 0 aromatic heterocycles. The van der Waals surface area contributed by atoms with Crippen molar-refractivity contribution in [1.29, 1.82) is 0 Å². The zero-order chi connectivity index (χ0) is 9.95. The summed E-state index contributed by atoms with van der Waals surface area (Å²) >= 11 is 0. The van der Waals surface area contributed by atoms with Crippen molar-refractivity contribution in [2.45, 2.75) is 46.3 Å². The summed E-state index contributed by atoms with van der Waals surface area (Å²) in [6.07, 6.45) is 2.61. The number of epoxide rings is 1. The molecule has 1 aliphatic heterocycles. The lowest BCUT2D eigenvalue weighted by Crippen LogP contribution is -2.57. The van der Waals surface area contributed by atoms with Crippen molar-refractivity contribution in [3.63, 3.8) is 0 Å². The number of ether oxygens (including phenoxy) is 1. The summed E-state index contributed by atoms with van der Waals surface area (Å²) in [4.78, 5) is 0. The van der Waals surface area contributed by atoms with Gasteiger partial charge < -0.3 is 4.74 Å². The second-order valence-electron chi connectivity index (χ2n) is 4.32. The van der Waals surface area contributed by atoms with Gasteiger partial charge in [-0.05, 0) is 20.3 Å². The van der Waals surface area contributed by atoms with Crippen LogP contribution in [0.25, 0.3) is 0 Å². The molecule has 1 aliphatic rings. The number of rotatable bonds is 6. The Morgan fingerprint density at radius 3 is 2.08 bits per heavy atom. The van der Waals surface area contributed by atoms with E-state index >= 15 is 0 Å². The minimum absolute atomic E-state index is 0.151. The van der Waals surface area contributed by atoms with Gasteiger partial charge in [0.25, 0.3) is 0 Å². The molecule has 13 heavy (non-hydrogen) atoms. The van der Waals surface area contributed by atoms with E-state index in [1.165, 1.54) is 32.5 Å². The molecule has 0 aromatic rings. The van der Waals surface area contributed by atoms with E-state index in [1.54, 1.807) is 0 Å². The number of unbranched alkanes of at least 4 members (excludes halogenated alkanes) is 1. The molecule has 0 amide bonds. The standard InChI is InChI=1S/C11H24NO/c1-5-8-9-12(6-2,7-3)11(4)10-13-11/h5-10H2,1-4H3/q+1. The molecule has 1 unspecified atom stereocenters. The van der Waals surface area contributed by atoms with E-state index < -0.39 is 0 Å². The highest BCUT2D eigenvalue weighted by Gasteiger charge is 2.56. The summed E-state index contributed by atoms with van der Waals surface area (Å²) in [6.45, 7) is 13.7. The first-order valence-electron chi connectivity index (χ1n) is 5.64. The Bertz CT molecular complexity index is 159. The monoisotopic (exact) mass is 186 g/mol. The van der Waals surface area contributed by atoms with Crippen LogP contribution in [0.2, 0.25) is 0 Å². The molecule has 0 bridgehead atoms. The quantitative estimate of drug-likeness (QED) is 0.458. The largest absolute Gasteiger partial charge is 0.316 e. The predicted molar refractivity (Wildman–Crippen MR) is 55.5 cm³/mol. The molecule has 0 aromatic carbocycles. The highest BCUT2D eigenvalue weighted by molar-refractivity contribution is 4.77. The molecule has 2 nitrogen and oxygen atoms in total. The Hall–Kier alpha value is -0.0800. The number of hydrogen-bond acceptors (Lipinski definition) is 1. The van der Waals surface area contributed by atoms with E-state index in [2.05, 4.69) is 27.7 Å². The van der Waals surface area contributed by atoms with E-state index in [-0.39, 0.29) is 5.72 Å². The zero-order valence-corrected chi connectivity index (χ0v) is 9.60. The smallest absolute Gasteiger partial charge is 0.224 e. The summed E-state index contributed by atoms with van der Waals surface area (Å²) in [5, 5.41) is 0. The first kappa shape index (κ1) is 11.0. The molecular weight excluding hydrogens is 162 g/mol. The fourth-order valence-electron chi connectivity index (χ4n) is 2.28.